The Balaban J connectivity index is 1.90. The molecule has 1 N–H and O–H groups in total. The molecule has 4 rings (SSSR count). The Bertz CT molecular complexity index is 780. The first-order valence-electron chi connectivity index (χ1n) is 6.65. The summed E-state index contributed by atoms with van der Waals surface area (Å²) < 4.78 is 15.4. The standard InChI is InChI=1S/C15H13FN4/c16-11-4-1-3-10(9-11)13-6-8-18-15-12-5-2-7-17-14(12)19-20(13)15/h1-5,7,9,13,18H,6,8H2. The number of nitrogens with one attached hydrogen (secondary N) is 1. The zero-order valence-corrected chi connectivity index (χ0v) is 10.8. The molecule has 0 bridgehead atoms. The van der Waals surface area contributed by atoms with E-state index in [-0.39, 0.29) is 11.9 Å². The fourth-order valence-electron chi connectivity index (χ4n) is 2.81. The lowest BCUT2D eigenvalue weighted by atomic mass is 10.0. The van der Waals surface area contributed by atoms with Crippen molar-refractivity contribution in [1.82, 2.24) is 14.8 Å². The lowest BCUT2D eigenvalue weighted by Crippen LogP contribution is -2.24. The van der Waals surface area contributed by atoms with E-state index in [0.29, 0.717) is 0 Å². The number of anilines is 1. The predicted octanol–water partition coefficient (Wildman–Crippen LogP) is 2.98. The number of rotatable bonds is 1. The molecule has 1 atom stereocenters. The van der Waals surface area contributed by atoms with Crippen LogP contribution >= 0.6 is 0 Å². The average Bonchev–Trinajstić information content (AvgIpc) is 2.86. The molecule has 1 unspecified atom stereocenters. The number of nitrogens with zero attached hydrogens (tertiary/aromatic N) is 3. The van der Waals surface area contributed by atoms with Crippen molar-refractivity contribution in [2.45, 2.75) is 12.5 Å². The van der Waals surface area contributed by atoms with Crippen LogP contribution < -0.4 is 5.32 Å². The van der Waals surface area contributed by atoms with Gasteiger partial charge in [0.2, 0.25) is 0 Å². The summed E-state index contributed by atoms with van der Waals surface area (Å²) in [5, 5.41) is 8.94. The molecule has 0 spiro atoms. The second-order valence-electron chi connectivity index (χ2n) is 4.95. The van der Waals surface area contributed by atoms with Crippen molar-refractivity contribution in [2.75, 3.05) is 11.9 Å². The molecule has 20 heavy (non-hydrogen) atoms. The molecule has 100 valence electrons. The molecule has 1 aliphatic heterocycles. The van der Waals surface area contributed by atoms with E-state index < -0.39 is 0 Å². The van der Waals surface area contributed by atoms with Gasteiger partial charge in [-0.05, 0) is 36.2 Å². The van der Waals surface area contributed by atoms with Crippen molar-refractivity contribution in [1.29, 1.82) is 0 Å². The van der Waals surface area contributed by atoms with Gasteiger partial charge in [0.1, 0.15) is 11.6 Å². The van der Waals surface area contributed by atoms with Gasteiger partial charge in [-0.3, -0.25) is 0 Å². The van der Waals surface area contributed by atoms with E-state index >= 15 is 0 Å². The Kier molecular flexibility index (Phi) is 2.45. The topological polar surface area (TPSA) is 42.7 Å². The smallest absolute Gasteiger partial charge is 0.183 e. The van der Waals surface area contributed by atoms with Crippen molar-refractivity contribution >= 4 is 16.9 Å². The summed E-state index contributed by atoms with van der Waals surface area (Å²) in [5.74, 6) is 0.756. The summed E-state index contributed by atoms with van der Waals surface area (Å²) in [6, 6.07) is 10.7. The monoisotopic (exact) mass is 268 g/mol. The van der Waals surface area contributed by atoms with Gasteiger partial charge < -0.3 is 5.32 Å². The minimum atomic E-state index is -0.211. The van der Waals surface area contributed by atoms with E-state index in [0.717, 1.165) is 35.4 Å². The summed E-state index contributed by atoms with van der Waals surface area (Å²) >= 11 is 0. The van der Waals surface area contributed by atoms with Crippen molar-refractivity contribution in [3.63, 3.8) is 0 Å². The second-order valence-corrected chi connectivity index (χ2v) is 4.95. The highest BCUT2D eigenvalue weighted by molar-refractivity contribution is 5.87. The molecule has 0 radical (unpaired) electrons. The molecule has 5 heteroatoms. The van der Waals surface area contributed by atoms with Crippen molar-refractivity contribution in [3.8, 4) is 0 Å². The maximum Gasteiger partial charge on any atom is 0.183 e. The lowest BCUT2D eigenvalue weighted by molar-refractivity contribution is 0.482. The van der Waals surface area contributed by atoms with Gasteiger partial charge in [0.05, 0.1) is 11.4 Å². The summed E-state index contributed by atoms with van der Waals surface area (Å²) in [6.45, 7) is 0.844. The highest BCUT2D eigenvalue weighted by Gasteiger charge is 2.24. The molecule has 0 amide bonds. The van der Waals surface area contributed by atoms with Crippen LogP contribution in [0.4, 0.5) is 10.2 Å². The molecule has 0 fully saturated rings. The third kappa shape index (κ3) is 1.66. The molecule has 2 aromatic heterocycles. The van der Waals surface area contributed by atoms with E-state index in [4.69, 9.17) is 0 Å². The van der Waals surface area contributed by atoms with Crippen LogP contribution in [0.2, 0.25) is 0 Å². The minimum Gasteiger partial charge on any atom is -0.370 e. The summed E-state index contributed by atoms with van der Waals surface area (Å²) in [6.07, 6.45) is 2.61. The average molecular weight is 268 g/mol. The van der Waals surface area contributed by atoms with Gasteiger partial charge in [-0.1, -0.05) is 12.1 Å². The molecule has 3 aromatic rings. The van der Waals surface area contributed by atoms with E-state index in [2.05, 4.69) is 15.4 Å². The van der Waals surface area contributed by atoms with Gasteiger partial charge in [-0.25, -0.2) is 14.1 Å². The molecular weight excluding hydrogens is 255 g/mol. The molecule has 0 saturated carbocycles. The van der Waals surface area contributed by atoms with Crippen LogP contribution in [0.5, 0.6) is 0 Å². The number of hydrogen-bond donors (Lipinski definition) is 1. The number of aromatic nitrogens is 3. The summed E-state index contributed by atoms with van der Waals surface area (Å²) in [4.78, 5) is 4.29. The third-order valence-corrected chi connectivity index (χ3v) is 3.71. The van der Waals surface area contributed by atoms with Crippen LogP contribution in [0.25, 0.3) is 11.0 Å². The minimum absolute atomic E-state index is 0.0520. The number of halogens is 1. The fraction of sp³-hybridized carbons (Fsp3) is 0.200. The van der Waals surface area contributed by atoms with Crippen LogP contribution in [0.3, 0.4) is 0 Å². The summed E-state index contributed by atoms with van der Waals surface area (Å²) in [5.41, 5.74) is 1.67. The van der Waals surface area contributed by atoms with Crippen LogP contribution in [0.1, 0.15) is 18.0 Å². The quantitative estimate of drug-likeness (QED) is 0.737. The molecular formula is C15H13FN4. The summed E-state index contributed by atoms with van der Waals surface area (Å²) in [7, 11) is 0. The Labute approximate surface area is 115 Å². The zero-order chi connectivity index (χ0) is 13.5. The maximum absolute atomic E-state index is 13.4. The van der Waals surface area contributed by atoms with Crippen molar-refractivity contribution < 1.29 is 4.39 Å². The normalized spacial score (nSPS) is 17.8. The van der Waals surface area contributed by atoms with E-state index in [1.165, 1.54) is 6.07 Å². The largest absolute Gasteiger partial charge is 0.370 e. The Morgan fingerprint density at radius 3 is 3.10 bits per heavy atom. The van der Waals surface area contributed by atoms with E-state index in [1.54, 1.807) is 18.3 Å². The van der Waals surface area contributed by atoms with Gasteiger partial charge in [0.25, 0.3) is 0 Å². The number of hydrogen-bond acceptors (Lipinski definition) is 3. The highest BCUT2D eigenvalue weighted by atomic mass is 19.1. The van der Waals surface area contributed by atoms with Gasteiger partial charge in [0, 0.05) is 12.7 Å². The van der Waals surface area contributed by atoms with Gasteiger partial charge in [-0.15, -0.1) is 5.10 Å². The fourth-order valence-corrected chi connectivity index (χ4v) is 2.81. The van der Waals surface area contributed by atoms with Crippen LogP contribution in [0.15, 0.2) is 42.6 Å². The maximum atomic E-state index is 13.4. The first kappa shape index (κ1) is 11.4. The highest BCUT2D eigenvalue weighted by Crippen LogP contribution is 2.33. The number of fused-ring (bicyclic) bond motifs is 3. The first-order chi connectivity index (χ1) is 9.83. The van der Waals surface area contributed by atoms with Gasteiger partial charge >= 0.3 is 0 Å². The number of pyridine rings is 1. The predicted molar refractivity (Wildman–Crippen MR) is 75.2 cm³/mol. The Morgan fingerprint density at radius 2 is 2.20 bits per heavy atom. The Morgan fingerprint density at radius 1 is 1.25 bits per heavy atom. The van der Waals surface area contributed by atoms with Crippen LogP contribution in [-0.2, 0) is 0 Å². The molecule has 0 saturated heterocycles. The first-order valence-corrected chi connectivity index (χ1v) is 6.65. The molecule has 3 heterocycles. The van der Waals surface area contributed by atoms with Gasteiger partial charge in [0.15, 0.2) is 5.65 Å². The van der Waals surface area contributed by atoms with E-state index in [9.17, 15) is 4.39 Å². The van der Waals surface area contributed by atoms with E-state index in [1.807, 2.05) is 22.9 Å². The molecule has 1 aromatic carbocycles. The van der Waals surface area contributed by atoms with Gasteiger partial charge in [-0.2, -0.15) is 0 Å². The second kappa shape index (κ2) is 4.30. The van der Waals surface area contributed by atoms with Crippen LogP contribution in [-0.4, -0.2) is 21.3 Å². The van der Waals surface area contributed by atoms with Crippen molar-refractivity contribution in [2.24, 2.45) is 0 Å². The Hall–Kier alpha value is -2.43. The lowest BCUT2D eigenvalue weighted by Gasteiger charge is -2.26. The molecule has 1 aliphatic rings. The SMILES string of the molecule is Fc1cccc(C2CCNc3c4cccnc4nn32)c1. The third-order valence-electron chi connectivity index (χ3n) is 3.71. The molecule has 4 nitrogen and oxygen atoms in total. The van der Waals surface area contributed by atoms with Crippen LogP contribution in [0, 0.1) is 5.82 Å². The number of benzene rings is 1. The van der Waals surface area contributed by atoms with Crippen molar-refractivity contribution in [3.05, 3.63) is 54.0 Å². The molecule has 0 aliphatic carbocycles. The zero-order valence-electron chi connectivity index (χ0n) is 10.8.